The summed E-state index contributed by atoms with van der Waals surface area (Å²) in [7, 11) is 1.57. The Bertz CT molecular complexity index is 751. The highest BCUT2D eigenvalue weighted by atomic mass is 32.1. The van der Waals surface area contributed by atoms with Gasteiger partial charge in [0.25, 0.3) is 0 Å². The molecule has 0 bridgehead atoms. The van der Waals surface area contributed by atoms with E-state index in [0.717, 1.165) is 10.4 Å². The molecule has 0 aliphatic heterocycles. The summed E-state index contributed by atoms with van der Waals surface area (Å²) in [6.07, 6.45) is 0.0928. The van der Waals surface area contributed by atoms with Crippen LogP contribution in [0, 0.1) is 0 Å². The summed E-state index contributed by atoms with van der Waals surface area (Å²) < 4.78 is 10.1. The number of hydrogen-bond donors (Lipinski definition) is 1. The minimum Gasteiger partial charge on any atom is -0.497 e. The van der Waals surface area contributed by atoms with Gasteiger partial charge in [-0.15, -0.1) is 11.3 Å². The van der Waals surface area contributed by atoms with Gasteiger partial charge in [-0.2, -0.15) is 0 Å². The Morgan fingerprint density at radius 1 is 1.08 bits per heavy atom. The molecule has 1 heterocycles. The molecule has 1 aromatic heterocycles. The van der Waals surface area contributed by atoms with Crippen LogP contribution in [0.1, 0.15) is 27.0 Å². The minimum absolute atomic E-state index is 0.0928. The lowest BCUT2D eigenvalue weighted by molar-refractivity contribution is -0.141. The Morgan fingerprint density at radius 2 is 1.80 bits per heavy atom. The van der Waals surface area contributed by atoms with E-state index in [0.29, 0.717) is 17.2 Å². The standard InChI is InChI=1S/C18H19NO5S/c1-12(20)19-10-15-7-8-17(25-15)16(21)11-24-18(22)9-13-3-5-14(23-2)6-4-13/h3-8H,9-11H2,1-2H3,(H,19,20). The highest BCUT2D eigenvalue weighted by Gasteiger charge is 2.13. The van der Waals surface area contributed by atoms with Crippen molar-refractivity contribution in [3.63, 3.8) is 0 Å². The molecule has 132 valence electrons. The number of ether oxygens (including phenoxy) is 2. The number of hydrogen-bond acceptors (Lipinski definition) is 6. The van der Waals surface area contributed by atoms with Gasteiger partial charge in [-0.25, -0.2) is 0 Å². The van der Waals surface area contributed by atoms with Crippen LogP contribution < -0.4 is 10.1 Å². The molecule has 0 aliphatic carbocycles. The van der Waals surface area contributed by atoms with Gasteiger partial charge >= 0.3 is 5.97 Å². The van der Waals surface area contributed by atoms with Gasteiger partial charge in [-0.1, -0.05) is 12.1 Å². The van der Waals surface area contributed by atoms with E-state index < -0.39 is 5.97 Å². The number of esters is 1. The first kappa shape index (κ1) is 18.7. The molecular weight excluding hydrogens is 342 g/mol. The molecule has 1 N–H and O–H groups in total. The number of methoxy groups -OCH3 is 1. The summed E-state index contributed by atoms with van der Waals surface area (Å²) in [5.41, 5.74) is 0.784. The van der Waals surface area contributed by atoms with Gasteiger partial charge < -0.3 is 14.8 Å². The minimum atomic E-state index is -0.464. The van der Waals surface area contributed by atoms with Crippen molar-refractivity contribution in [3.8, 4) is 5.75 Å². The lowest BCUT2D eigenvalue weighted by Gasteiger charge is -2.05. The number of Topliss-reactive ketones (excluding diaryl/α,β-unsaturated/α-hetero) is 1. The molecule has 7 heteroatoms. The Labute approximate surface area is 149 Å². The summed E-state index contributed by atoms with van der Waals surface area (Å²) in [4.78, 5) is 36.1. The topological polar surface area (TPSA) is 81.7 Å². The monoisotopic (exact) mass is 361 g/mol. The molecule has 1 amide bonds. The molecule has 0 spiro atoms. The molecule has 2 rings (SSSR count). The van der Waals surface area contributed by atoms with Crippen molar-refractivity contribution < 1.29 is 23.9 Å². The smallest absolute Gasteiger partial charge is 0.310 e. The normalized spacial score (nSPS) is 10.2. The molecular formula is C18H19NO5S. The van der Waals surface area contributed by atoms with E-state index in [1.165, 1.54) is 18.3 Å². The Balaban J connectivity index is 1.80. The van der Waals surface area contributed by atoms with Crippen LogP contribution in [0.25, 0.3) is 0 Å². The molecule has 0 unspecified atom stereocenters. The van der Waals surface area contributed by atoms with Crippen LogP contribution in [-0.2, 0) is 27.3 Å². The highest BCUT2D eigenvalue weighted by Crippen LogP contribution is 2.17. The maximum Gasteiger partial charge on any atom is 0.310 e. The summed E-state index contributed by atoms with van der Waals surface area (Å²) in [5, 5.41) is 2.67. The predicted octanol–water partition coefficient (Wildman–Crippen LogP) is 2.36. The SMILES string of the molecule is COc1ccc(CC(=O)OCC(=O)c2ccc(CNC(C)=O)s2)cc1. The van der Waals surface area contributed by atoms with E-state index in [-0.39, 0.29) is 24.7 Å². The lowest BCUT2D eigenvalue weighted by Crippen LogP contribution is -2.18. The number of rotatable bonds is 8. The first-order chi connectivity index (χ1) is 12.0. The molecule has 0 aliphatic rings. The molecule has 0 saturated carbocycles. The Kier molecular flexibility index (Phi) is 6.71. The van der Waals surface area contributed by atoms with Crippen molar-refractivity contribution in [2.75, 3.05) is 13.7 Å². The van der Waals surface area contributed by atoms with E-state index in [1.807, 2.05) is 0 Å². The first-order valence-corrected chi connectivity index (χ1v) is 8.44. The van der Waals surface area contributed by atoms with Crippen LogP contribution in [0.3, 0.4) is 0 Å². The first-order valence-electron chi connectivity index (χ1n) is 7.63. The van der Waals surface area contributed by atoms with E-state index in [1.54, 1.807) is 43.5 Å². The maximum absolute atomic E-state index is 12.1. The van der Waals surface area contributed by atoms with Gasteiger partial charge in [0, 0.05) is 11.8 Å². The molecule has 6 nitrogen and oxygen atoms in total. The van der Waals surface area contributed by atoms with Gasteiger partial charge in [-0.05, 0) is 29.8 Å². The molecule has 0 saturated heterocycles. The Hall–Kier alpha value is -2.67. The van der Waals surface area contributed by atoms with Crippen LogP contribution in [0.15, 0.2) is 36.4 Å². The van der Waals surface area contributed by atoms with Gasteiger partial charge in [0.1, 0.15) is 5.75 Å². The molecule has 0 atom stereocenters. The fourth-order valence-electron chi connectivity index (χ4n) is 2.01. The zero-order valence-electron chi connectivity index (χ0n) is 14.0. The summed E-state index contributed by atoms with van der Waals surface area (Å²) in [6, 6.07) is 10.5. The number of carbonyl (C=O) groups is 3. The van der Waals surface area contributed by atoms with E-state index in [4.69, 9.17) is 9.47 Å². The number of thiophene rings is 1. The largest absolute Gasteiger partial charge is 0.497 e. The van der Waals surface area contributed by atoms with E-state index >= 15 is 0 Å². The number of amides is 1. The number of benzene rings is 1. The van der Waals surface area contributed by atoms with Crippen molar-refractivity contribution in [1.82, 2.24) is 5.32 Å². The highest BCUT2D eigenvalue weighted by molar-refractivity contribution is 7.14. The second-order valence-corrected chi connectivity index (χ2v) is 6.45. The fraction of sp³-hybridized carbons (Fsp3) is 0.278. The van der Waals surface area contributed by atoms with Crippen molar-refractivity contribution >= 4 is 29.0 Å². The van der Waals surface area contributed by atoms with Crippen LogP contribution in [-0.4, -0.2) is 31.4 Å². The second-order valence-electron chi connectivity index (χ2n) is 5.28. The van der Waals surface area contributed by atoms with E-state index in [2.05, 4.69) is 5.32 Å². The molecule has 0 radical (unpaired) electrons. The van der Waals surface area contributed by atoms with Crippen LogP contribution in [0.5, 0.6) is 5.75 Å². The zero-order valence-corrected chi connectivity index (χ0v) is 14.9. The second kappa shape index (κ2) is 8.98. The fourth-order valence-corrected chi connectivity index (χ4v) is 2.88. The number of ketones is 1. The zero-order chi connectivity index (χ0) is 18.2. The third-order valence-corrected chi connectivity index (χ3v) is 4.45. The van der Waals surface area contributed by atoms with Gasteiger partial charge in [0.05, 0.1) is 25.0 Å². The average molecular weight is 361 g/mol. The maximum atomic E-state index is 12.1. The average Bonchev–Trinajstić information content (AvgIpc) is 3.07. The van der Waals surface area contributed by atoms with Crippen LogP contribution >= 0.6 is 11.3 Å². The molecule has 0 fully saturated rings. The number of carbonyl (C=O) groups excluding carboxylic acids is 3. The van der Waals surface area contributed by atoms with Gasteiger partial charge in [0.2, 0.25) is 11.7 Å². The summed E-state index contributed by atoms with van der Waals surface area (Å²) >= 11 is 1.27. The lowest BCUT2D eigenvalue weighted by atomic mass is 10.1. The van der Waals surface area contributed by atoms with E-state index in [9.17, 15) is 14.4 Å². The molecule has 2 aromatic rings. The number of nitrogens with one attached hydrogen (secondary N) is 1. The van der Waals surface area contributed by atoms with Crippen molar-refractivity contribution in [2.24, 2.45) is 0 Å². The third-order valence-electron chi connectivity index (χ3n) is 3.32. The van der Waals surface area contributed by atoms with Crippen molar-refractivity contribution in [1.29, 1.82) is 0 Å². The summed E-state index contributed by atoms with van der Waals surface area (Å²) in [6.45, 7) is 1.52. The molecule has 25 heavy (non-hydrogen) atoms. The van der Waals surface area contributed by atoms with Crippen molar-refractivity contribution in [3.05, 3.63) is 51.7 Å². The van der Waals surface area contributed by atoms with Crippen LogP contribution in [0.2, 0.25) is 0 Å². The summed E-state index contributed by atoms with van der Waals surface area (Å²) in [5.74, 6) is -0.149. The molecule has 1 aromatic carbocycles. The predicted molar refractivity (Wildman–Crippen MR) is 93.8 cm³/mol. The quantitative estimate of drug-likeness (QED) is 0.577. The van der Waals surface area contributed by atoms with Gasteiger partial charge in [0.15, 0.2) is 6.61 Å². The van der Waals surface area contributed by atoms with Gasteiger partial charge in [-0.3, -0.25) is 14.4 Å². The Morgan fingerprint density at radius 3 is 2.44 bits per heavy atom. The third kappa shape index (κ3) is 6.04. The van der Waals surface area contributed by atoms with Crippen LogP contribution in [0.4, 0.5) is 0 Å². The van der Waals surface area contributed by atoms with Crippen molar-refractivity contribution in [2.45, 2.75) is 19.9 Å².